The molecule has 0 bridgehead atoms. The first kappa shape index (κ1) is 17.1. The Kier molecular flexibility index (Phi) is 9.20. The molecule has 0 saturated heterocycles. The highest BCUT2D eigenvalue weighted by atomic mass is 35.5. The van der Waals surface area contributed by atoms with Crippen LogP contribution in [0.25, 0.3) is 0 Å². The van der Waals surface area contributed by atoms with E-state index in [4.69, 9.17) is 25.8 Å². The zero-order chi connectivity index (χ0) is 14.6. The van der Waals surface area contributed by atoms with E-state index in [1.807, 2.05) is 25.1 Å². The van der Waals surface area contributed by atoms with Gasteiger partial charge in [0.05, 0.1) is 25.7 Å². The van der Waals surface area contributed by atoms with Crippen LogP contribution in [0.5, 0.6) is 5.75 Å². The molecule has 0 atom stereocenters. The maximum atomic E-state index is 5.93. The molecule has 114 valence electrons. The van der Waals surface area contributed by atoms with Crippen LogP contribution in [0.3, 0.4) is 0 Å². The van der Waals surface area contributed by atoms with E-state index >= 15 is 0 Å². The molecular weight excluding hydrogens is 278 g/mol. The maximum absolute atomic E-state index is 5.93. The number of hydrogen-bond donors (Lipinski definition) is 1. The summed E-state index contributed by atoms with van der Waals surface area (Å²) in [5.41, 5.74) is 2.07. The summed E-state index contributed by atoms with van der Waals surface area (Å²) in [6.07, 6.45) is 0.952. The van der Waals surface area contributed by atoms with Crippen LogP contribution in [-0.2, 0) is 15.4 Å². The lowest BCUT2D eigenvalue weighted by molar-refractivity contribution is 0.0705. The Morgan fingerprint density at radius 1 is 1.20 bits per heavy atom. The van der Waals surface area contributed by atoms with E-state index < -0.39 is 0 Å². The Morgan fingerprint density at radius 3 is 2.75 bits per heavy atom. The lowest BCUT2D eigenvalue weighted by atomic mass is 10.2. The van der Waals surface area contributed by atoms with Crippen LogP contribution in [0.15, 0.2) is 18.2 Å². The molecule has 0 spiro atoms. The van der Waals surface area contributed by atoms with Gasteiger partial charge in [0.1, 0.15) is 5.75 Å². The smallest absolute Gasteiger partial charge is 0.123 e. The minimum Gasteiger partial charge on any atom is -0.494 e. The molecule has 1 aromatic rings. The summed E-state index contributed by atoms with van der Waals surface area (Å²) in [5, 5.41) is 3.35. The van der Waals surface area contributed by atoms with Crippen molar-refractivity contribution in [2.24, 2.45) is 0 Å². The third-order valence-electron chi connectivity index (χ3n) is 2.73. The predicted octanol–water partition coefficient (Wildman–Crippen LogP) is 3.29. The molecule has 0 aliphatic heterocycles. The molecule has 0 fully saturated rings. The van der Waals surface area contributed by atoms with Gasteiger partial charge in [0, 0.05) is 31.5 Å². The van der Waals surface area contributed by atoms with Gasteiger partial charge in [-0.05, 0) is 31.5 Å². The van der Waals surface area contributed by atoms with E-state index in [1.54, 1.807) is 7.11 Å². The number of benzene rings is 1. The normalized spacial score (nSPS) is 10.6. The van der Waals surface area contributed by atoms with Crippen molar-refractivity contribution in [1.29, 1.82) is 0 Å². The van der Waals surface area contributed by atoms with E-state index in [0.717, 1.165) is 36.6 Å². The third kappa shape index (κ3) is 6.46. The second kappa shape index (κ2) is 10.8. The van der Waals surface area contributed by atoms with Crippen LogP contribution < -0.4 is 10.1 Å². The van der Waals surface area contributed by atoms with Gasteiger partial charge in [-0.3, -0.25) is 0 Å². The molecule has 0 aliphatic rings. The van der Waals surface area contributed by atoms with Gasteiger partial charge < -0.3 is 19.5 Å². The molecule has 0 saturated carbocycles. The first-order chi connectivity index (χ1) is 9.81. The molecule has 0 amide bonds. The van der Waals surface area contributed by atoms with Gasteiger partial charge in [-0.2, -0.15) is 0 Å². The van der Waals surface area contributed by atoms with Crippen LogP contribution in [0.2, 0.25) is 0 Å². The van der Waals surface area contributed by atoms with Gasteiger partial charge in [0.15, 0.2) is 0 Å². The summed E-state index contributed by atoms with van der Waals surface area (Å²) < 4.78 is 15.8. The number of anilines is 1. The zero-order valence-corrected chi connectivity index (χ0v) is 13.0. The monoisotopic (exact) mass is 301 g/mol. The van der Waals surface area contributed by atoms with Crippen molar-refractivity contribution < 1.29 is 14.2 Å². The first-order valence-corrected chi connectivity index (χ1v) is 7.47. The first-order valence-electron chi connectivity index (χ1n) is 6.94. The highest BCUT2D eigenvalue weighted by molar-refractivity contribution is 6.17. The maximum Gasteiger partial charge on any atom is 0.123 e. The number of nitrogens with one attached hydrogen (secondary N) is 1. The number of halogens is 1. The molecular formula is C15H24ClNO3. The summed E-state index contributed by atoms with van der Waals surface area (Å²) >= 11 is 5.93. The van der Waals surface area contributed by atoms with Crippen molar-refractivity contribution in [1.82, 2.24) is 0 Å². The van der Waals surface area contributed by atoms with E-state index in [-0.39, 0.29) is 0 Å². The second-order valence-electron chi connectivity index (χ2n) is 4.27. The highest BCUT2D eigenvalue weighted by Crippen LogP contribution is 2.24. The zero-order valence-electron chi connectivity index (χ0n) is 12.3. The van der Waals surface area contributed by atoms with Crippen LogP contribution in [0.4, 0.5) is 5.69 Å². The van der Waals surface area contributed by atoms with Crippen molar-refractivity contribution in [3.8, 4) is 5.75 Å². The van der Waals surface area contributed by atoms with Gasteiger partial charge in [0.2, 0.25) is 0 Å². The number of hydrogen-bond acceptors (Lipinski definition) is 4. The van der Waals surface area contributed by atoms with E-state index in [9.17, 15) is 0 Å². The molecule has 1 N–H and O–H groups in total. The van der Waals surface area contributed by atoms with Crippen molar-refractivity contribution in [2.75, 3.05) is 45.4 Å². The molecule has 0 aromatic heterocycles. The van der Waals surface area contributed by atoms with Crippen LogP contribution in [0.1, 0.15) is 18.9 Å². The summed E-state index contributed by atoms with van der Waals surface area (Å²) in [7, 11) is 1.67. The van der Waals surface area contributed by atoms with Gasteiger partial charge in [-0.25, -0.2) is 0 Å². The van der Waals surface area contributed by atoms with Crippen LogP contribution in [0, 0.1) is 0 Å². The minimum atomic E-state index is 0.449. The van der Waals surface area contributed by atoms with E-state index in [0.29, 0.717) is 25.7 Å². The third-order valence-corrected chi connectivity index (χ3v) is 3.02. The van der Waals surface area contributed by atoms with Crippen molar-refractivity contribution in [2.45, 2.75) is 19.2 Å². The Hall–Kier alpha value is -0.970. The molecule has 5 heteroatoms. The minimum absolute atomic E-state index is 0.449. The number of alkyl halides is 1. The number of methoxy groups -OCH3 is 1. The standard InChI is InChI=1S/C15H24ClNO3/c1-3-20-15-6-5-14(11-13(15)12-16)17-7-4-8-19-10-9-18-2/h5-6,11,17H,3-4,7-10,12H2,1-2H3. The van der Waals surface area contributed by atoms with E-state index in [2.05, 4.69) is 5.32 Å². The molecule has 0 radical (unpaired) electrons. The van der Waals surface area contributed by atoms with Gasteiger partial charge >= 0.3 is 0 Å². The van der Waals surface area contributed by atoms with Crippen molar-refractivity contribution >= 4 is 17.3 Å². The lowest BCUT2D eigenvalue weighted by Gasteiger charge is -2.12. The number of rotatable bonds is 11. The molecule has 1 aromatic carbocycles. The highest BCUT2D eigenvalue weighted by Gasteiger charge is 2.03. The van der Waals surface area contributed by atoms with Crippen LogP contribution >= 0.6 is 11.6 Å². The van der Waals surface area contributed by atoms with Gasteiger partial charge in [-0.15, -0.1) is 11.6 Å². The largest absolute Gasteiger partial charge is 0.494 e. The molecule has 1 rings (SSSR count). The Morgan fingerprint density at radius 2 is 2.05 bits per heavy atom. The fourth-order valence-electron chi connectivity index (χ4n) is 1.74. The number of ether oxygens (including phenoxy) is 3. The average molecular weight is 302 g/mol. The fraction of sp³-hybridized carbons (Fsp3) is 0.600. The summed E-state index contributed by atoms with van der Waals surface area (Å²) in [6.45, 7) is 5.50. The summed E-state index contributed by atoms with van der Waals surface area (Å²) in [4.78, 5) is 0. The van der Waals surface area contributed by atoms with E-state index in [1.165, 1.54) is 0 Å². The average Bonchev–Trinajstić information content (AvgIpc) is 2.48. The SMILES string of the molecule is CCOc1ccc(NCCCOCCOC)cc1CCl. The van der Waals surface area contributed by atoms with Crippen LogP contribution in [-0.4, -0.2) is 40.1 Å². The lowest BCUT2D eigenvalue weighted by Crippen LogP contribution is -2.08. The van der Waals surface area contributed by atoms with Gasteiger partial charge in [0.25, 0.3) is 0 Å². The topological polar surface area (TPSA) is 39.7 Å². The Labute approximate surface area is 126 Å². The van der Waals surface area contributed by atoms with Crippen molar-refractivity contribution in [3.05, 3.63) is 23.8 Å². The fourth-order valence-corrected chi connectivity index (χ4v) is 1.95. The predicted molar refractivity (Wildman–Crippen MR) is 83.0 cm³/mol. The summed E-state index contributed by atoms with van der Waals surface area (Å²) in [6, 6.07) is 6.00. The second-order valence-corrected chi connectivity index (χ2v) is 4.54. The Bertz CT molecular complexity index is 374. The molecule has 0 unspecified atom stereocenters. The molecule has 0 aliphatic carbocycles. The van der Waals surface area contributed by atoms with Crippen molar-refractivity contribution in [3.63, 3.8) is 0 Å². The quantitative estimate of drug-likeness (QED) is 0.503. The Balaban J connectivity index is 2.29. The summed E-state index contributed by atoms with van der Waals surface area (Å²) in [5.74, 6) is 1.31. The molecule has 4 nitrogen and oxygen atoms in total. The molecule has 0 heterocycles. The van der Waals surface area contributed by atoms with Gasteiger partial charge in [-0.1, -0.05) is 0 Å². The molecule has 20 heavy (non-hydrogen) atoms.